The Morgan fingerprint density at radius 3 is 2.81 bits per heavy atom. The van der Waals surface area contributed by atoms with Crippen molar-refractivity contribution in [2.75, 3.05) is 10.6 Å². The van der Waals surface area contributed by atoms with Crippen LogP contribution in [0.25, 0.3) is 0 Å². The van der Waals surface area contributed by atoms with Gasteiger partial charge in [0.05, 0.1) is 24.1 Å². The first kappa shape index (κ1) is 17.5. The molecular weight excluding hydrogens is 379 g/mol. The van der Waals surface area contributed by atoms with Crippen molar-refractivity contribution in [1.29, 1.82) is 0 Å². The smallest absolute Gasteiger partial charge is 0.362 e. The van der Waals surface area contributed by atoms with Crippen LogP contribution in [-0.2, 0) is 0 Å². The fourth-order valence-electron chi connectivity index (χ4n) is 3.04. The number of hydrogen-bond donors (Lipinski definition) is 2. The Morgan fingerprint density at radius 2 is 2.15 bits per heavy atom. The minimum Gasteiger partial charge on any atom is -0.362 e. The van der Waals surface area contributed by atoms with Gasteiger partial charge in [-0.25, -0.2) is 4.68 Å². The molecule has 0 radical (unpaired) electrons. The molecular formula is C17H14F3N5OS. The number of aromatic nitrogens is 3. The summed E-state index contributed by atoms with van der Waals surface area (Å²) in [5.41, 5.74) is 0.495. The lowest BCUT2D eigenvalue weighted by atomic mass is 10.0. The van der Waals surface area contributed by atoms with Gasteiger partial charge in [-0.3, -0.25) is 9.78 Å². The maximum atomic E-state index is 13.6. The van der Waals surface area contributed by atoms with Crippen LogP contribution in [0.5, 0.6) is 0 Å². The number of anilines is 2. The largest absolute Gasteiger partial charge is 0.410 e. The number of amides is 1. The van der Waals surface area contributed by atoms with E-state index in [1.165, 1.54) is 17.5 Å². The van der Waals surface area contributed by atoms with E-state index < -0.39 is 24.2 Å². The second-order valence-corrected chi connectivity index (χ2v) is 7.03. The van der Waals surface area contributed by atoms with Crippen molar-refractivity contribution < 1.29 is 18.0 Å². The first-order valence-corrected chi connectivity index (χ1v) is 8.97. The molecule has 0 spiro atoms. The van der Waals surface area contributed by atoms with Crippen LogP contribution in [0, 0.1) is 0 Å². The lowest BCUT2D eigenvalue weighted by molar-refractivity contribution is -0.173. The van der Waals surface area contributed by atoms with E-state index >= 15 is 0 Å². The lowest BCUT2D eigenvalue weighted by Gasteiger charge is -2.33. The molecule has 0 saturated heterocycles. The fourth-order valence-corrected chi connectivity index (χ4v) is 3.83. The Hall–Kier alpha value is -2.88. The summed E-state index contributed by atoms with van der Waals surface area (Å²) in [5.74, 6) is -0.493. The minimum atomic E-state index is -4.48. The molecule has 1 aliphatic heterocycles. The van der Waals surface area contributed by atoms with Crippen LogP contribution in [0.1, 0.15) is 33.7 Å². The molecule has 4 heterocycles. The zero-order chi connectivity index (χ0) is 19.0. The second-order valence-electron chi connectivity index (χ2n) is 6.05. The zero-order valence-electron chi connectivity index (χ0n) is 13.8. The Kier molecular flexibility index (Phi) is 4.34. The van der Waals surface area contributed by atoms with E-state index in [2.05, 4.69) is 20.7 Å². The molecule has 3 aromatic rings. The van der Waals surface area contributed by atoms with Gasteiger partial charge in [-0.1, -0.05) is 6.07 Å². The number of alkyl halides is 3. The predicted molar refractivity (Wildman–Crippen MR) is 94.8 cm³/mol. The van der Waals surface area contributed by atoms with Crippen molar-refractivity contribution in [2.45, 2.75) is 24.7 Å². The predicted octanol–water partition coefficient (Wildman–Crippen LogP) is 4.25. The van der Waals surface area contributed by atoms with Crippen LogP contribution in [0.4, 0.5) is 24.7 Å². The summed E-state index contributed by atoms with van der Waals surface area (Å²) in [6, 6.07) is 4.49. The number of nitrogens with zero attached hydrogens (tertiary/aromatic N) is 3. The van der Waals surface area contributed by atoms with Crippen molar-refractivity contribution in [1.82, 2.24) is 14.8 Å². The number of carbonyl (C=O) groups is 1. The Labute approximate surface area is 156 Å². The molecule has 27 heavy (non-hydrogen) atoms. The quantitative estimate of drug-likeness (QED) is 0.698. The summed E-state index contributed by atoms with van der Waals surface area (Å²) in [4.78, 5) is 17.3. The van der Waals surface area contributed by atoms with Gasteiger partial charge in [0.25, 0.3) is 5.91 Å². The summed E-state index contributed by atoms with van der Waals surface area (Å²) in [7, 11) is 0. The van der Waals surface area contributed by atoms with Gasteiger partial charge in [0.1, 0.15) is 11.4 Å². The molecule has 1 aliphatic rings. The van der Waals surface area contributed by atoms with Gasteiger partial charge in [0.2, 0.25) is 0 Å². The van der Waals surface area contributed by atoms with Crippen LogP contribution in [-0.4, -0.2) is 26.8 Å². The molecule has 2 N–H and O–H groups in total. The minimum absolute atomic E-state index is 0.0503. The van der Waals surface area contributed by atoms with Gasteiger partial charge in [0, 0.05) is 17.5 Å². The molecule has 0 aliphatic carbocycles. The molecule has 0 unspecified atom stereocenters. The molecule has 2 atom stereocenters. The second kappa shape index (κ2) is 6.69. The third kappa shape index (κ3) is 3.39. The van der Waals surface area contributed by atoms with Crippen LogP contribution < -0.4 is 10.6 Å². The Morgan fingerprint density at radius 1 is 1.30 bits per heavy atom. The van der Waals surface area contributed by atoms with Crippen LogP contribution in [0.2, 0.25) is 0 Å². The van der Waals surface area contributed by atoms with E-state index in [0.29, 0.717) is 5.69 Å². The number of fused-ring (bicyclic) bond motifs is 1. The molecule has 0 fully saturated rings. The zero-order valence-corrected chi connectivity index (χ0v) is 14.6. The highest BCUT2D eigenvalue weighted by Gasteiger charge is 2.47. The summed E-state index contributed by atoms with van der Waals surface area (Å²) in [5, 5.41) is 11.3. The van der Waals surface area contributed by atoms with Gasteiger partial charge in [-0.15, -0.1) is 11.3 Å². The molecule has 0 saturated carbocycles. The fraction of sp³-hybridized carbons (Fsp3) is 0.235. The molecule has 0 bridgehead atoms. The number of hydrogen-bond acceptors (Lipinski definition) is 5. The first-order valence-electron chi connectivity index (χ1n) is 8.09. The number of rotatable bonds is 3. The summed E-state index contributed by atoms with van der Waals surface area (Å²) in [6.07, 6.45) is -0.506. The Balaban J connectivity index is 1.69. The number of nitrogens with one attached hydrogen (secondary N) is 2. The van der Waals surface area contributed by atoms with Gasteiger partial charge in [-0.2, -0.15) is 18.3 Å². The number of halogens is 3. The number of thiophene rings is 1. The van der Waals surface area contributed by atoms with Gasteiger partial charge in [0.15, 0.2) is 6.04 Å². The monoisotopic (exact) mass is 393 g/mol. The normalized spacial score (nSPS) is 19.2. The maximum absolute atomic E-state index is 13.6. The topological polar surface area (TPSA) is 71.8 Å². The SMILES string of the molecule is O=C(Nc1cccnc1)c1cnn2c1N[C@H](c1cccs1)C[C@H]2C(F)(F)F. The van der Waals surface area contributed by atoms with Crippen LogP contribution in [0.15, 0.2) is 48.2 Å². The summed E-state index contributed by atoms with van der Waals surface area (Å²) >= 11 is 1.37. The molecule has 0 aromatic carbocycles. The highest BCUT2D eigenvalue weighted by molar-refractivity contribution is 7.10. The molecule has 3 aromatic heterocycles. The molecule has 140 valence electrons. The number of carbonyl (C=O) groups excluding carboxylic acids is 1. The molecule has 1 amide bonds. The molecule has 10 heteroatoms. The van der Waals surface area contributed by atoms with Gasteiger partial charge in [-0.05, 0) is 23.6 Å². The summed E-state index contributed by atoms with van der Waals surface area (Å²) in [6.45, 7) is 0. The standard InChI is InChI=1S/C17H14F3N5OS/c18-17(19,20)14-7-12(13-4-2-6-27-13)24-15-11(9-22-25(14)15)16(26)23-10-3-1-5-21-8-10/h1-6,8-9,12,14,24H,7H2,(H,23,26)/t12-,14-/m0/s1. The van der Waals surface area contributed by atoms with Crippen molar-refractivity contribution >= 4 is 28.7 Å². The third-order valence-corrected chi connectivity index (χ3v) is 5.28. The maximum Gasteiger partial charge on any atom is 0.410 e. The summed E-state index contributed by atoms with van der Waals surface area (Å²) < 4.78 is 41.6. The van der Waals surface area contributed by atoms with Gasteiger partial charge >= 0.3 is 6.18 Å². The average molecular weight is 393 g/mol. The number of pyridine rings is 1. The van der Waals surface area contributed by atoms with E-state index in [1.54, 1.807) is 30.5 Å². The van der Waals surface area contributed by atoms with Gasteiger partial charge < -0.3 is 10.6 Å². The van der Waals surface area contributed by atoms with E-state index in [1.807, 2.05) is 5.38 Å². The highest BCUT2D eigenvalue weighted by Crippen LogP contribution is 2.45. The van der Waals surface area contributed by atoms with Crippen molar-refractivity contribution in [2.24, 2.45) is 0 Å². The van der Waals surface area contributed by atoms with E-state index in [0.717, 1.165) is 15.8 Å². The van der Waals surface area contributed by atoms with E-state index in [4.69, 9.17) is 0 Å². The molecule has 4 rings (SSSR count). The highest BCUT2D eigenvalue weighted by atomic mass is 32.1. The molecule has 6 nitrogen and oxygen atoms in total. The van der Waals surface area contributed by atoms with E-state index in [9.17, 15) is 18.0 Å². The first-order chi connectivity index (χ1) is 12.9. The van der Waals surface area contributed by atoms with Crippen molar-refractivity contribution in [3.8, 4) is 0 Å². The third-order valence-electron chi connectivity index (χ3n) is 4.29. The van der Waals surface area contributed by atoms with E-state index in [-0.39, 0.29) is 17.8 Å². The van der Waals surface area contributed by atoms with Crippen LogP contribution in [0.3, 0.4) is 0 Å². The lowest BCUT2D eigenvalue weighted by Crippen LogP contribution is -2.36. The Bertz CT molecular complexity index is 939. The van der Waals surface area contributed by atoms with Crippen molar-refractivity contribution in [3.63, 3.8) is 0 Å². The average Bonchev–Trinajstić information content (AvgIpc) is 3.30. The van der Waals surface area contributed by atoms with Crippen molar-refractivity contribution in [3.05, 3.63) is 58.7 Å². The van der Waals surface area contributed by atoms with Crippen LogP contribution >= 0.6 is 11.3 Å².